The smallest absolute Gasteiger partial charge is 0.189 e. The van der Waals surface area contributed by atoms with Gasteiger partial charge in [-0.1, -0.05) is 24.8 Å². The zero-order chi connectivity index (χ0) is 14.2. The van der Waals surface area contributed by atoms with Crippen molar-refractivity contribution in [3.05, 3.63) is 65.7 Å². The Bertz CT molecular complexity index is 521. The number of aryl methyl sites for hydroxylation is 1. The molecule has 20 heavy (non-hydrogen) atoms. The van der Waals surface area contributed by atoms with E-state index in [1.807, 2.05) is 37.4 Å². The van der Waals surface area contributed by atoms with Crippen molar-refractivity contribution in [3.8, 4) is 0 Å². The van der Waals surface area contributed by atoms with Gasteiger partial charge < -0.3 is 14.8 Å². The quantitative estimate of drug-likeness (QED) is 0.914. The van der Waals surface area contributed by atoms with E-state index in [2.05, 4.69) is 22.9 Å². The predicted molar refractivity (Wildman–Crippen MR) is 78.9 cm³/mol. The van der Waals surface area contributed by atoms with Gasteiger partial charge in [0.2, 0.25) is 0 Å². The second-order valence-electron chi connectivity index (χ2n) is 4.59. The lowest BCUT2D eigenvalue weighted by Gasteiger charge is -2.12. The zero-order valence-corrected chi connectivity index (χ0v) is 11.8. The van der Waals surface area contributed by atoms with Crippen molar-refractivity contribution in [1.29, 1.82) is 0 Å². The first-order valence-corrected chi connectivity index (χ1v) is 6.63. The molecule has 0 aliphatic carbocycles. The molecule has 4 nitrogen and oxygen atoms in total. The number of ether oxygens (including phenoxy) is 2. The minimum Gasteiger partial charge on any atom is -0.468 e. The average Bonchev–Trinajstić information content (AvgIpc) is 2.53. The summed E-state index contributed by atoms with van der Waals surface area (Å²) in [7, 11) is 0. The molecule has 106 valence electrons. The third-order valence-electron chi connectivity index (χ3n) is 2.93. The summed E-state index contributed by atoms with van der Waals surface area (Å²) in [4.78, 5) is 4.19. The van der Waals surface area contributed by atoms with E-state index < -0.39 is 0 Å². The van der Waals surface area contributed by atoms with Gasteiger partial charge in [-0.2, -0.15) is 0 Å². The van der Waals surface area contributed by atoms with Crippen molar-refractivity contribution >= 4 is 0 Å². The van der Waals surface area contributed by atoms with E-state index in [0.29, 0.717) is 18.9 Å². The molecule has 0 saturated heterocycles. The maximum atomic E-state index is 5.42. The molecule has 1 N–H and O–H groups in total. The molecule has 0 atom stereocenters. The van der Waals surface area contributed by atoms with Gasteiger partial charge in [-0.25, -0.2) is 0 Å². The molecule has 1 aliphatic rings. The number of hydrogen-bond donors (Lipinski definition) is 1. The summed E-state index contributed by atoms with van der Waals surface area (Å²) in [6.45, 7) is 8.20. The maximum Gasteiger partial charge on any atom is 0.189 e. The summed E-state index contributed by atoms with van der Waals surface area (Å²) in [5, 5.41) is 3.39. The molecule has 0 saturated carbocycles. The van der Waals surface area contributed by atoms with Gasteiger partial charge in [0.1, 0.15) is 5.76 Å². The molecule has 1 aromatic heterocycles. The summed E-state index contributed by atoms with van der Waals surface area (Å²) < 4.78 is 10.7. The summed E-state index contributed by atoms with van der Waals surface area (Å²) in [6.07, 6.45) is 7.75. The molecule has 0 fully saturated rings. The van der Waals surface area contributed by atoms with Gasteiger partial charge in [-0.05, 0) is 24.6 Å². The van der Waals surface area contributed by atoms with Gasteiger partial charge in [0.15, 0.2) is 6.79 Å². The summed E-state index contributed by atoms with van der Waals surface area (Å²) in [6, 6.07) is 4.08. The van der Waals surface area contributed by atoms with E-state index in [9.17, 15) is 0 Å². The summed E-state index contributed by atoms with van der Waals surface area (Å²) >= 11 is 0. The topological polar surface area (TPSA) is 43.4 Å². The Balaban J connectivity index is 1.89. The fourth-order valence-electron chi connectivity index (χ4n) is 1.87. The molecule has 0 amide bonds. The molecule has 0 bridgehead atoms. The van der Waals surface area contributed by atoms with Crippen LogP contribution < -0.4 is 5.32 Å². The molecule has 0 radical (unpaired) electrons. The molecule has 1 aliphatic heterocycles. The minimum atomic E-state index is 0.240. The number of allylic oxidation sites excluding steroid dienone is 2. The highest BCUT2D eigenvalue weighted by atomic mass is 16.7. The fraction of sp³-hybridized carbons (Fsp3) is 0.312. The molecule has 0 aromatic carbocycles. The number of aromatic nitrogens is 1. The van der Waals surface area contributed by atoms with Gasteiger partial charge in [0.25, 0.3) is 0 Å². The number of nitrogens with zero attached hydrogens (tertiary/aromatic N) is 1. The van der Waals surface area contributed by atoms with Crippen molar-refractivity contribution in [3.63, 3.8) is 0 Å². The normalized spacial score (nSPS) is 20.1. The maximum absolute atomic E-state index is 5.42. The number of rotatable bonds is 4. The first-order valence-electron chi connectivity index (χ1n) is 6.63. The van der Waals surface area contributed by atoms with Crippen molar-refractivity contribution in [1.82, 2.24) is 10.3 Å². The second-order valence-corrected chi connectivity index (χ2v) is 4.59. The summed E-state index contributed by atoms with van der Waals surface area (Å²) in [5.74, 6) is 0.648. The van der Waals surface area contributed by atoms with Crippen molar-refractivity contribution in [2.45, 2.75) is 13.5 Å². The Labute approximate surface area is 119 Å². The third kappa shape index (κ3) is 4.64. The molecule has 0 spiro atoms. The first kappa shape index (κ1) is 14.5. The van der Waals surface area contributed by atoms with Crippen LogP contribution in [0.3, 0.4) is 0 Å². The van der Waals surface area contributed by atoms with E-state index in [-0.39, 0.29) is 6.79 Å². The van der Waals surface area contributed by atoms with Crippen LogP contribution in [0, 0.1) is 6.92 Å². The zero-order valence-electron chi connectivity index (χ0n) is 11.8. The monoisotopic (exact) mass is 272 g/mol. The van der Waals surface area contributed by atoms with Crippen LogP contribution >= 0.6 is 0 Å². The highest BCUT2D eigenvalue weighted by Gasteiger charge is 2.05. The Hall–Kier alpha value is -1.91. The van der Waals surface area contributed by atoms with Crippen molar-refractivity contribution in [2.24, 2.45) is 0 Å². The molecule has 2 rings (SSSR count). The highest BCUT2D eigenvalue weighted by Crippen LogP contribution is 2.11. The van der Waals surface area contributed by atoms with Gasteiger partial charge in [-0.15, -0.1) is 0 Å². The van der Waals surface area contributed by atoms with Gasteiger partial charge in [0.05, 0.1) is 6.61 Å². The second kappa shape index (κ2) is 7.62. The molecule has 4 heteroatoms. The lowest BCUT2D eigenvalue weighted by atomic mass is 10.2. The molecular formula is C16H20N2O2. The van der Waals surface area contributed by atoms with Crippen LogP contribution in [0.1, 0.15) is 11.3 Å². The third-order valence-corrected chi connectivity index (χ3v) is 2.93. The average molecular weight is 272 g/mol. The van der Waals surface area contributed by atoms with Crippen LogP contribution in [0.25, 0.3) is 0 Å². The van der Waals surface area contributed by atoms with E-state index in [1.54, 1.807) is 0 Å². The van der Waals surface area contributed by atoms with Crippen LogP contribution in [0.2, 0.25) is 0 Å². The van der Waals surface area contributed by atoms with E-state index in [4.69, 9.17) is 9.47 Å². The lowest BCUT2D eigenvalue weighted by molar-refractivity contribution is -0.00750. The molecular weight excluding hydrogens is 252 g/mol. The van der Waals surface area contributed by atoms with Gasteiger partial charge in [-0.3, -0.25) is 4.98 Å². The minimum absolute atomic E-state index is 0.240. The number of hydrogen-bond acceptors (Lipinski definition) is 4. The largest absolute Gasteiger partial charge is 0.468 e. The molecule has 2 heterocycles. The fourth-order valence-corrected chi connectivity index (χ4v) is 1.87. The Kier molecular flexibility index (Phi) is 5.53. The van der Waals surface area contributed by atoms with Gasteiger partial charge in [0, 0.05) is 30.6 Å². The van der Waals surface area contributed by atoms with Crippen LogP contribution in [-0.4, -0.2) is 24.9 Å². The molecule has 0 unspecified atom stereocenters. The van der Waals surface area contributed by atoms with Crippen LogP contribution in [-0.2, 0) is 16.0 Å². The summed E-state index contributed by atoms with van der Waals surface area (Å²) in [5.41, 5.74) is 3.27. The van der Waals surface area contributed by atoms with Crippen molar-refractivity contribution < 1.29 is 9.47 Å². The SMILES string of the molecule is C=C1OCOC/C=C\C=C/1CNCc1ccnc(C)c1. The van der Waals surface area contributed by atoms with Crippen LogP contribution in [0.15, 0.2) is 54.5 Å². The van der Waals surface area contributed by atoms with E-state index in [0.717, 1.165) is 17.8 Å². The Morgan fingerprint density at radius 3 is 3.15 bits per heavy atom. The Morgan fingerprint density at radius 2 is 2.30 bits per heavy atom. The number of pyridine rings is 1. The van der Waals surface area contributed by atoms with Crippen LogP contribution in [0.5, 0.6) is 0 Å². The van der Waals surface area contributed by atoms with Crippen LogP contribution in [0.4, 0.5) is 0 Å². The molecule has 1 aromatic rings. The van der Waals surface area contributed by atoms with E-state index >= 15 is 0 Å². The predicted octanol–water partition coefficient (Wildman–Crippen LogP) is 2.48. The number of nitrogens with one attached hydrogen (secondary N) is 1. The van der Waals surface area contributed by atoms with E-state index in [1.165, 1.54) is 5.56 Å². The Morgan fingerprint density at radius 1 is 1.40 bits per heavy atom. The standard InChI is InChI=1S/C16H20N2O2/c1-13-9-15(6-7-18-13)10-17-11-16-5-3-4-8-19-12-20-14(16)2/h3-7,9,17H,2,8,10-12H2,1H3/b4-3-,16-5-. The lowest BCUT2D eigenvalue weighted by Crippen LogP contribution is -2.18. The highest BCUT2D eigenvalue weighted by molar-refractivity contribution is 5.29. The first-order chi connectivity index (χ1) is 9.75. The van der Waals surface area contributed by atoms with Crippen molar-refractivity contribution in [2.75, 3.05) is 19.9 Å². The van der Waals surface area contributed by atoms with Gasteiger partial charge >= 0.3 is 0 Å².